The van der Waals surface area contributed by atoms with Gasteiger partial charge in [0.05, 0.1) is 23.1 Å². The third-order valence-electron chi connectivity index (χ3n) is 5.81. The summed E-state index contributed by atoms with van der Waals surface area (Å²) in [6, 6.07) is 9.31. The highest BCUT2D eigenvalue weighted by atomic mass is 35.5. The van der Waals surface area contributed by atoms with E-state index in [9.17, 15) is 4.79 Å². The third kappa shape index (κ3) is 5.69. The number of anilines is 1. The zero-order chi connectivity index (χ0) is 23.2. The van der Waals surface area contributed by atoms with Crippen LogP contribution < -0.4 is 10.2 Å². The predicted octanol–water partition coefficient (Wildman–Crippen LogP) is 3.38. The number of hydrogen-bond acceptors (Lipinski definition) is 6. The molecule has 0 bridgehead atoms. The summed E-state index contributed by atoms with van der Waals surface area (Å²) in [6.07, 6.45) is 6.11. The third-order valence-corrected chi connectivity index (χ3v) is 6.07. The number of aromatic nitrogens is 4. The molecule has 1 fully saturated rings. The van der Waals surface area contributed by atoms with Crippen molar-refractivity contribution >= 4 is 23.5 Å². The first-order chi connectivity index (χ1) is 16.0. The SMILES string of the molecule is CC(C)c1c(C(=O)NCCCN2CCN(c3ncccn3)CC2)cnn1-c1ccc(Cl)cc1. The van der Waals surface area contributed by atoms with Crippen LogP contribution in [0.25, 0.3) is 5.69 Å². The van der Waals surface area contributed by atoms with Gasteiger partial charge in [-0.1, -0.05) is 25.4 Å². The highest BCUT2D eigenvalue weighted by Gasteiger charge is 2.21. The Kier molecular flexibility index (Phi) is 7.57. The Bertz CT molecular complexity index is 1040. The molecule has 1 aliphatic rings. The number of benzene rings is 1. The minimum Gasteiger partial charge on any atom is -0.352 e. The van der Waals surface area contributed by atoms with E-state index < -0.39 is 0 Å². The lowest BCUT2D eigenvalue weighted by atomic mass is 10.0. The van der Waals surface area contributed by atoms with Gasteiger partial charge >= 0.3 is 0 Å². The number of nitrogens with zero attached hydrogens (tertiary/aromatic N) is 6. The monoisotopic (exact) mass is 467 g/mol. The van der Waals surface area contributed by atoms with Crippen LogP contribution in [0.15, 0.2) is 48.9 Å². The van der Waals surface area contributed by atoms with Gasteiger partial charge in [0, 0.05) is 50.1 Å². The van der Waals surface area contributed by atoms with E-state index in [2.05, 4.69) is 44.0 Å². The highest BCUT2D eigenvalue weighted by Crippen LogP contribution is 2.24. The number of amides is 1. The van der Waals surface area contributed by atoms with Crippen molar-refractivity contribution in [2.45, 2.75) is 26.2 Å². The van der Waals surface area contributed by atoms with Gasteiger partial charge in [0.1, 0.15) is 0 Å². The Morgan fingerprint density at radius 3 is 2.45 bits per heavy atom. The number of carbonyl (C=O) groups excluding carboxylic acids is 1. The second-order valence-electron chi connectivity index (χ2n) is 8.47. The fourth-order valence-corrected chi connectivity index (χ4v) is 4.23. The molecule has 3 aromatic rings. The average molecular weight is 468 g/mol. The minimum absolute atomic E-state index is 0.0787. The van der Waals surface area contributed by atoms with Gasteiger partial charge in [0.2, 0.25) is 5.95 Å². The summed E-state index contributed by atoms with van der Waals surface area (Å²) in [4.78, 5) is 26.2. The second kappa shape index (κ2) is 10.8. The standard InChI is InChI=1S/C24H30ClN7O/c1-18(2)22-21(17-29-32(22)20-7-5-19(25)6-8-20)23(33)26-11-4-12-30-13-15-31(16-14-30)24-27-9-3-10-28-24/h3,5-10,17-18H,4,11-16H2,1-2H3,(H,26,33). The molecule has 0 spiro atoms. The van der Waals surface area contributed by atoms with Gasteiger partial charge in [-0.05, 0) is 49.2 Å². The smallest absolute Gasteiger partial charge is 0.254 e. The molecule has 2 aromatic heterocycles. The predicted molar refractivity (Wildman–Crippen MR) is 130 cm³/mol. The fraction of sp³-hybridized carbons (Fsp3) is 0.417. The van der Waals surface area contributed by atoms with E-state index in [0.29, 0.717) is 17.1 Å². The van der Waals surface area contributed by atoms with Crippen LogP contribution in [0.4, 0.5) is 5.95 Å². The van der Waals surface area contributed by atoms with Crippen molar-refractivity contribution in [3.05, 3.63) is 65.2 Å². The van der Waals surface area contributed by atoms with Crippen molar-refractivity contribution in [1.82, 2.24) is 30.0 Å². The molecular weight excluding hydrogens is 438 g/mol. The number of rotatable bonds is 8. The molecule has 0 saturated carbocycles. The van der Waals surface area contributed by atoms with Crippen LogP contribution in [0.1, 0.15) is 42.2 Å². The molecule has 4 rings (SSSR count). The lowest BCUT2D eigenvalue weighted by Crippen LogP contribution is -2.47. The molecule has 1 N–H and O–H groups in total. The summed E-state index contributed by atoms with van der Waals surface area (Å²) in [5.41, 5.74) is 2.41. The van der Waals surface area contributed by atoms with Gasteiger partial charge in [0.25, 0.3) is 5.91 Å². The maximum Gasteiger partial charge on any atom is 0.254 e. The van der Waals surface area contributed by atoms with Crippen LogP contribution in [0, 0.1) is 0 Å². The molecular formula is C24H30ClN7O. The van der Waals surface area contributed by atoms with Crippen LogP contribution in [0.3, 0.4) is 0 Å². The summed E-state index contributed by atoms with van der Waals surface area (Å²) in [5.74, 6) is 0.864. The van der Waals surface area contributed by atoms with Gasteiger partial charge in [-0.2, -0.15) is 5.10 Å². The lowest BCUT2D eigenvalue weighted by molar-refractivity contribution is 0.0950. The Hall–Kier alpha value is -2.97. The number of hydrogen-bond donors (Lipinski definition) is 1. The van der Waals surface area contributed by atoms with E-state index in [-0.39, 0.29) is 11.8 Å². The molecule has 1 aromatic carbocycles. The molecule has 0 aliphatic carbocycles. The van der Waals surface area contributed by atoms with Crippen LogP contribution in [0.2, 0.25) is 5.02 Å². The molecule has 3 heterocycles. The van der Waals surface area contributed by atoms with E-state index in [4.69, 9.17) is 11.6 Å². The fourth-order valence-electron chi connectivity index (χ4n) is 4.10. The number of carbonyl (C=O) groups is 1. The van der Waals surface area contributed by atoms with E-state index in [1.165, 1.54) is 0 Å². The summed E-state index contributed by atoms with van der Waals surface area (Å²) in [5, 5.41) is 8.22. The quantitative estimate of drug-likeness (QED) is 0.511. The first-order valence-electron chi connectivity index (χ1n) is 11.4. The molecule has 174 valence electrons. The molecule has 1 aliphatic heterocycles. The van der Waals surface area contributed by atoms with E-state index in [0.717, 1.165) is 56.5 Å². The van der Waals surface area contributed by atoms with Crippen molar-refractivity contribution in [1.29, 1.82) is 0 Å². The molecule has 0 unspecified atom stereocenters. The van der Waals surface area contributed by atoms with E-state index in [1.807, 2.05) is 35.0 Å². The molecule has 0 atom stereocenters. The second-order valence-corrected chi connectivity index (χ2v) is 8.91. The number of piperazine rings is 1. The zero-order valence-corrected chi connectivity index (χ0v) is 19.9. The van der Waals surface area contributed by atoms with E-state index >= 15 is 0 Å². The summed E-state index contributed by atoms with van der Waals surface area (Å²) >= 11 is 6.01. The van der Waals surface area contributed by atoms with Crippen molar-refractivity contribution in [3.8, 4) is 5.69 Å². The number of nitrogens with one attached hydrogen (secondary N) is 1. The van der Waals surface area contributed by atoms with Crippen molar-refractivity contribution < 1.29 is 4.79 Å². The van der Waals surface area contributed by atoms with Crippen LogP contribution in [-0.2, 0) is 0 Å². The summed E-state index contributed by atoms with van der Waals surface area (Å²) in [6.45, 7) is 9.49. The lowest BCUT2D eigenvalue weighted by Gasteiger charge is -2.34. The van der Waals surface area contributed by atoms with Crippen molar-refractivity contribution in [3.63, 3.8) is 0 Å². The minimum atomic E-state index is -0.0787. The average Bonchev–Trinajstić information content (AvgIpc) is 3.29. The van der Waals surface area contributed by atoms with E-state index in [1.54, 1.807) is 18.6 Å². The van der Waals surface area contributed by atoms with Gasteiger partial charge < -0.3 is 10.2 Å². The summed E-state index contributed by atoms with van der Waals surface area (Å²) < 4.78 is 1.83. The normalized spacial score (nSPS) is 14.6. The maximum atomic E-state index is 12.9. The molecule has 33 heavy (non-hydrogen) atoms. The van der Waals surface area contributed by atoms with Gasteiger partial charge in [-0.15, -0.1) is 0 Å². The first-order valence-corrected chi connectivity index (χ1v) is 11.8. The van der Waals surface area contributed by atoms with Crippen molar-refractivity contribution in [2.75, 3.05) is 44.2 Å². The zero-order valence-electron chi connectivity index (χ0n) is 19.1. The molecule has 9 heteroatoms. The Morgan fingerprint density at radius 1 is 1.09 bits per heavy atom. The molecule has 1 amide bonds. The molecule has 8 nitrogen and oxygen atoms in total. The van der Waals surface area contributed by atoms with Crippen LogP contribution in [0.5, 0.6) is 0 Å². The first kappa shape index (κ1) is 23.2. The summed E-state index contributed by atoms with van der Waals surface area (Å²) in [7, 11) is 0. The molecule has 0 radical (unpaired) electrons. The largest absolute Gasteiger partial charge is 0.352 e. The van der Waals surface area contributed by atoms with Gasteiger partial charge in [-0.3, -0.25) is 9.69 Å². The van der Waals surface area contributed by atoms with Crippen molar-refractivity contribution in [2.24, 2.45) is 0 Å². The van der Waals surface area contributed by atoms with Gasteiger partial charge in [-0.25, -0.2) is 14.6 Å². The van der Waals surface area contributed by atoms with Gasteiger partial charge in [0.15, 0.2) is 0 Å². The topological polar surface area (TPSA) is 79.2 Å². The Labute approximate surface area is 199 Å². The van der Waals surface area contributed by atoms with Crippen LogP contribution >= 0.6 is 11.6 Å². The Morgan fingerprint density at radius 2 is 1.79 bits per heavy atom. The van der Waals surface area contributed by atoms with Crippen LogP contribution in [-0.4, -0.2) is 69.8 Å². The molecule has 1 saturated heterocycles. The Balaban J connectivity index is 1.27. The highest BCUT2D eigenvalue weighted by molar-refractivity contribution is 6.30. The maximum absolute atomic E-state index is 12.9. The number of halogens is 1.